The average Bonchev–Trinajstić information content (AvgIpc) is 3.47. The quantitative estimate of drug-likeness (QED) is 0.221. The molecular weight excluding hydrogens is 529 g/mol. The number of H-pyrrole nitrogens is 1. The van der Waals surface area contributed by atoms with Gasteiger partial charge in [-0.1, -0.05) is 18.2 Å². The van der Waals surface area contributed by atoms with Crippen LogP contribution in [0.4, 0.5) is 30.6 Å². The Morgan fingerprint density at radius 2 is 1.95 bits per heavy atom. The van der Waals surface area contributed by atoms with E-state index in [-0.39, 0.29) is 46.6 Å². The molecule has 38 heavy (non-hydrogen) atoms. The van der Waals surface area contributed by atoms with Gasteiger partial charge in [-0.15, -0.1) is 5.10 Å². The number of primary amides is 1. The maximum atomic E-state index is 13.2. The number of ether oxygens (including phenoxy) is 1. The number of aromatic amines is 1. The van der Waals surface area contributed by atoms with Crippen LogP contribution in [0.15, 0.2) is 48.8 Å². The average molecular weight is 551 g/mol. The van der Waals surface area contributed by atoms with Gasteiger partial charge in [0.2, 0.25) is 5.95 Å². The van der Waals surface area contributed by atoms with Gasteiger partial charge in [0.1, 0.15) is 35.0 Å². The minimum absolute atomic E-state index is 0.0140. The Hall–Kier alpha value is -4.60. The van der Waals surface area contributed by atoms with Crippen molar-refractivity contribution in [3.8, 4) is 17.0 Å². The Morgan fingerprint density at radius 3 is 2.58 bits per heavy atom. The summed E-state index contributed by atoms with van der Waals surface area (Å²) < 4.78 is 71.7. The topological polar surface area (TPSA) is 170 Å². The number of aryl methyl sites for hydroxylation is 1. The molecule has 2 heterocycles. The molecule has 1 amide bonds. The number of halogens is 3. The first-order chi connectivity index (χ1) is 18.0. The fourth-order valence-corrected chi connectivity index (χ4v) is 3.95. The molecule has 12 nitrogen and oxygen atoms in total. The molecule has 16 heteroatoms. The van der Waals surface area contributed by atoms with E-state index in [4.69, 9.17) is 10.5 Å². The number of hydrogen-bond acceptors (Lipinski definition) is 8. The van der Waals surface area contributed by atoms with E-state index in [1.54, 1.807) is 23.9 Å². The van der Waals surface area contributed by atoms with Crippen LogP contribution in [0, 0.1) is 5.82 Å². The molecule has 0 aliphatic heterocycles. The Morgan fingerprint density at radius 1 is 1.21 bits per heavy atom. The molecule has 200 valence electrons. The van der Waals surface area contributed by atoms with E-state index in [0.717, 1.165) is 5.56 Å². The molecule has 0 fully saturated rings. The zero-order valence-electron chi connectivity index (χ0n) is 19.7. The van der Waals surface area contributed by atoms with Gasteiger partial charge in [-0.3, -0.25) is 19.3 Å². The number of nitrogens with two attached hydrogens (primary N) is 1. The first-order valence-corrected chi connectivity index (χ1v) is 12.4. The summed E-state index contributed by atoms with van der Waals surface area (Å²) in [5, 5.41) is 13.6. The number of carbonyl (C=O) groups excluding carboxylic acids is 1. The van der Waals surface area contributed by atoms with Crippen LogP contribution in [-0.4, -0.2) is 51.7 Å². The summed E-state index contributed by atoms with van der Waals surface area (Å²) in [6.07, 6.45) is 1.73. The summed E-state index contributed by atoms with van der Waals surface area (Å²) >= 11 is 0. The first-order valence-electron chi connectivity index (χ1n) is 10.9. The lowest BCUT2D eigenvalue weighted by atomic mass is 10.1. The maximum Gasteiger partial charge on any atom is 0.355 e. The maximum absolute atomic E-state index is 13.2. The molecule has 2 aromatic carbocycles. The molecule has 0 bridgehead atoms. The minimum Gasteiger partial charge on any atom is -0.491 e. The molecule has 0 atom stereocenters. The van der Waals surface area contributed by atoms with Crippen molar-refractivity contribution in [2.24, 2.45) is 12.8 Å². The van der Waals surface area contributed by atoms with Crippen molar-refractivity contribution < 1.29 is 31.1 Å². The highest BCUT2D eigenvalue weighted by Gasteiger charge is 2.26. The van der Waals surface area contributed by atoms with Gasteiger partial charge in [-0.25, -0.2) is 17.8 Å². The van der Waals surface area contributed by atoms with Crippen LogP contribution >= 0.6 is 0 Å². The normalized spacial score (nSPS) is 11.5. The minimum atomic E-state index is -5.01. The van der Waals surface area contributed by atoms with E-state index in [2.05, 4.69) is 25.6 Å². The number of benzene rings is 2. The number of nitrogens with one attached hydrogen (secondary N) is 3. The SMILES string of the molecule is Cn1cnc(Nc2[nH]nc(-c3ccc(NS(=O)(=O)C(F)F)c(OCCc4ccc(F)cc4)c3)c2C(N)=O)n1. The highest BCUT2D eigenvalue weighted by Crippen LogP contribution is 2.35. The first kappa shape index (κ1) is 26.5. The van der Waals surface area contributed by atoms with Crippen molar-refractivity contribution in [3.05, 3.63) is 65.7 Å². The predicted molar refractivity (Wildman–Crippen MR) is 131 cm³/mol. The van der Waals surface area contributed by atoms with Gasteiger partial charge in [-0.2, -0.15) is 13.9 Å². The molecule has 0 saturated heterocycles. The van der Waals surface area contributed by atoms with Crippen molar-refractivity contribution in [1.29, 1.82) is 0 Å². The fraction of sp³-hybridized carbons (Fsp3) is 0.182. The van der Waals surface area contributed by atoms with Crippen molar-refractivity contribution in [1.82, 2.24) is 25.0 Å². The number of anilines is 3. The van der Waals surface area contributed by atoms with Crippen molar-refractivity contribution >= 4 is 33.4 Å². The lowest BCUT2D eigenvalue weighted by molar-refractivity contribution is 0.100. The van der Waals surface area contributed by atoms with Gasteiger partial charge in [0.25, 0.3) is 15.9 Å². The summed E-state index contributed by atoms with van der Waals surface area (Å²) in [5.41, 5.74) is 6.31. The third-order valence-electron chi connectivity index (χ3n) is 5.15. The summed E-state index contributed by atoms with van der Waals surface area (Å²) in [5.74, 6) is -4.81. The van der Waals surface area contributed by atoms with Gasteiger partial charge in [-0.05, 0) is 29.8 Å². The highest BCUT2D eigenvalue weighted by atomic mass is 32.2. The van der Waals surface area contributed by atoms with Crippen LogP contribution in [0.5, 0.6) is 5.75 Å². The van der Waals surface area contributed by atoms with Crippen LogP contribution in [-0.2, 0) is 23.5 Å². The Balaban J connectivity index is 1.67. The molecule has 4 rings (SSSR count). The van der Waals surface area contributed by atoms with Gasteiger partial charge >= 0.3 is 5.76 Å². The molecule has 0 spiro atoms. The number of amides is 1. The third kappa shape index (κ3) is 6.03. The van der Waals surface area contributed by atoms with Gasteiger partial charge in [0, 0.05) is 19.0 Å². The second-order valence-electron chi connectivity index (χ2n) is 7.90. The van der Waals surface area contributed by atoms with Crippen LogP contribution in [0.25, 0.3) is 11.3 Å². The molecule has 4 aromatic rings. The van der Waals surface area contributed by atoms with Crippen LogP contribution in [0.1, 0.15) is 15.9 Å². The van der Waals surface area contributed by atoms with Crippen LogP contribution in [0.2, 0.25) is 0 Å². The number of carbonyl (C=O) groups is 1. The number of sulfonamides is 1. The summed E-state index contributed by atoms with van der Waals surface area (Å²) in [6, 6.07) is 9.49. The molecule has 0 aliphatic rings. The summed E-state index contributed by atoms with van der Waals surface area (Å²) in [6.45, 7) is -0.0140. The van der Waals surface area contributed by atoms with Crippen molar-refractivity contribution in [3.63, 3.8) is 0 Å². The van der Waals surface area contributed by atoms with E-state index < -0.39 is 27.5 Å². The molecule has 0 radical (unpaired) electrons. The van der Waals surface area contributed by atoms with E-state index in [1.165, 1.54) is 41.3 Å². The number of rotatable bonds is 11. The lowest BCUT2D eigenvalue weighted by Gasteiger charge is -2.15. The predicted octanol–water partition coefficient (Wildman–Crippen LogP) is 2.77. The molecule has 0 saturated carbocycles. The molecule has 2 aromatic heterocycles. The van der Waals surface area contributed by atoms with Gasteiger partial charge < -0.3 is 15.8 Å². The molecule has 5 N–H and O–H groups in total. The zero-order valence-corrected chi connectivity index (χ0v) is 20.5. The lowest BCUT2D eigenvalue weighted by Crippen LogP contribution is -2.21. The Labute approximate surface area is 214 Å². The second-order valence-corrected chi connectivity index (χ2v) is 9.55. The standard InChI is InChI=1S/C22H21F3N8O4S/c1-33-11-27-22(31-33)28-20-17(19(26)34)18(29-30-20)13-4-7-15(32-38(35,36)21(24)25)16(10-13)37-9-8-12-2-5-14(23)6-3-12/h2-7,10-11,21,32H,8-9H2,1H3,(H2,26,34)(H2,28,29,30,31). The fourth-order valence-electron chi connectivity index (χ4n) is 3.39. The van der Waals surface area contributed by atoms with Crippen molar-refractivity contribution in [2.45, 2.75) is 12.2 Å². The number of aromatic nitrogens is 5. The van der Waals surface area contributed by atoms with E-state index in [0.29, 0.717) is 6.42 Å². The van der Waals surface area contributed by atoms with Gasteiger partial charge in [0.05, 0.1) is 12.3 Å². The third-order valence-corrected chi connectivity index (χ3v) is 6.13. The molecular formula is C22H21F3N8O4S. The Kier molecular flexibility index (Phi) is 7.52. The Bertz CT molecular complexity index is 1560. The van der Waals surface area contributed by atoms with Gasteiger partial charge in [0.15, 0.2) is 0 Å². The largest absolute Gasteiger partial charge is 0.491 e. The van der Waals surface area contributed by atoms with E-state index >= 15 is 0 Å². The summed E-state index contributed by atoms with van der Waals surface area (Å²) in [7, 11) is -3.36. The number of nitrogens with zero attached hydrogens (tertiary/aromatic N) is 4. The van der Waals surface area contributed by atoms with E-state index in [1.807, 2.05) is 0 Å². The highest BCUT2D eigenvalue weighted by molar-refractivity contribution is 7.93. The number of hydrogen-bond donors (Lipinski definition) is 4. The molecule has 0 aliphatic carbocycles. The zero-order chi connectivity index (χ0) is 27.4. The second kappa shape index (κ2) is 10.8. The number of alkyl halides is 2. The molecule has 0 unspecified atom stereocenters. The smallest absolute Gasteiger partial charge is 0.355 e. The monoisotopic (exact) mass is 550 g/mol. The van der Waals surface area contributed by atoms with E-state index in [9.17, 15) is 26.4 Å². The summed E-state index contributed by atoms with van der Waals surface area (Å²) in [4.78, 5) is 16.3. The van der Waals surface area contributed by atoms with Crippen LogP contribution < -0.4 is 20.5 Å². The van der Waals surface area contributed by atoms with Crippen LogP contribution in [0.3, 0.4) is 0 Å². The van der Waals surface area contributed by atoms with Crippen molar-refractivity contribution in [2.75, 3.05) is 16.6 Å².